The van der Waals surface area contributed by atoms with Crippen LogP contribution in [0, 0.1) is 11.3 Å². The smallest absolute Gasteiger partial charge is 0.101 e. The van der Waals surface area contributed by atoms with Crippen LogP contribution in [0.3, 0.4) is 0 Å². The topological polar surface area (TPSA) is 61.8 Å². The Hall–Kier alpha value is -1.69. The summed E-state index contributed by atoms with van der Waals surface area (Å²) < 4.78 is 0. The first kappa shape index (κ1) is 8.89. The number of benzene rings is 1. The Morgan fingerprint density at radius 2 is 2.21 bits per heavy atom. The molecule has 1 aromatic carbocycles. The van der Waals surface area contributed by atoms with Gasteiger partial charge in [-0.25, -0.2) is 0 Å². The monoisotopic (exact) mass is 187 g/mol. The number of anilines is 2. The Morgan fingerprint density at radius 1 is 1.43 bits per heavy atom. The largest absolute Gasteiger partial charge is 0.398 e. The van der Waals surface area contributed by atoms with E-state index in [2.05, 4.69) is 11.4 Å². The number of nitrogens with zero attached hydrogens (tertiary/aromatic N) is 1. The molecule has 1 fully saturated rings. The van der Waals surface area contributed by atoms with E-state index in [1.807, 2.05) is 12.1 Å². The van der Waals surface area contributed by atoms with Gasteiger partial charge in [-0.05, 0) is 37.5 Å². The van der Waals surface area contributed by atoms with Crippen LogP contribution < -0.4 is 11.1 Å². The fourth-order valence-corrected chi connectivity index (χ4v) is 1.54. The van der Waals surface area contributed by atoms with Crippen LogP contribution >= 0.6 is 0 Å². The van der Waals surface area contributed by atoms with Crippen molar-refractivity contribution < 1.29 is 0 Å². The van der Waals surface area contributed by atoms with Crippen molar-refractivity contribution in [3.05, 3.63) is 23.8 Å². The van der Waals surface area contributed by atoms with Gasteiger partial charge >= 0.3 is 0 Å². The SMILES string of the molecule is N#Cc1ccc(NC2CCC2)cc1N. The molecule has 1 aromatic rings. The van der Waals surface area contributed by atoms with Gasteiger partial charge in [-0.15, -0.1) is 0 Å². The van der Waals surface area contributed by atoms with Crippen molar-refractivity contribution in [3.8, 4) is 6.07 Å². The third kappa shape index (κ3) is 1.64. The van der Waals surface area contributed by atoms with E-state index in [9.17, 15) is 0 Å². The number of nitrogen functional groups attached to an aromatic ring is 1. The van der Waals surface area contributed by atoms with Crippen LogP contribution in [0.4, 0.5) is 11.4 Å². The minimum Gasteiger partial charge on any atom is -0.398 e. The Morgan fingerprint density at radius 3 is 2.71 bits per heavy atom. The highest BCUT2D eigenvalue weighted by molar-refractivity contribution is 5.62. The summed E-state index contributed by atoms with van der Waals surface area (Å²) in [5.41, 5.74) is 7.82. The molecule has 0 unspecified atom stereocenters. The molecule has 0 heterocycles. The van der Waals surface area contributed by atoms with Gasteiger partial charge in [-0.1, -0.05) is 0 Å². The summed E-state index contributed by atoms with van der Waals surface area (Å²) in [5.74, 6) is 0. The maximum Gasteiger partial charge on any atom is 0.101 e. The van der Waals surface area contributed by atoms with Crippen molar-refractivity contribution >= 4 is 11.4 Å². The van der Waals surface area contributed by atoms with Gasteiger partial charge in [0.15, 0.2) is 0 Å². The molecule has 72 valence electrons. The summed E-state index contributed by atoms with van der Waals surface area (Å²) in [7, 11) is 0. The van der Waals surface area contributed by atoms with Gasteiger partial charge in [0, 0.05) is 11.7 Å². The molecular weight excluding hydrogens is 174 g/mol. The molecule has 0 radical (unpaired) electrons. The summed E-state index contributed by atoms with van der Waals surface area (Å²) in [6.07, 6.45) is 3.78. The second kappa shape index (κ2) is 3.59. The van der Waals surface area contributed by atoms with E-state index in [0.29, 0.717) is 17.3 Å². The summed E-state index contributed by atoms with van der Waals surface area (Å²) in [5, 5.41) is 12.1. The van der Waals surface area contributed by atoms with E-state index in [1.54, 1.807) is 6.07 Å². The maximum atomic E-state index is 8.70. The van der Waals surface area contributed by atoms with Crippen molar-refractivity contribution in [2.24, 2.45) is 0 Å². The second-order valence-corrected chi connectivity index (χ2v) is 3.69. The number of nitrogens with one attached hydrogen (secondary N) is 1. The zero-order valence-corrected chi connectivity index (χ0v) is 7.96. The molecule has 0 amide bonds. The van der Waals surface area contributed by atoms with Crippen molar-refractivity contribution in [2.45, 2.75) is 25.3 Å². The minimum absolute atomic E-state index is 0.546. The summed E-state index contributed by atoms with van der Waals surface area (Å²) in [4.78, 5) is 0. The molecule has 1 aliphatic rings. The average molecular weight is 187 g/mol. The summed E-state index contributed by atoms with van der Waals surface area (Å²) in [6.45, 7) is 0. The predicted octanol–water partition coefficient (Wildman–Crippen LogP) is 2.10. The standard InChI is InChI=1S/C11H13N3/c12-7-8-4-5-10(6-11(8)13)14-9-2-1-3-9/h4-6,9,14H,1-3,13H2. The van der Waals surface area contributed by atoms with E-state index < -0.39 is 0 Å². The highest BCUT2D eigenvalue weighted by Gasteiger charge is 2.16. The number of rotatable bonds is 2. The van der Waals surface area contributed by atoms with Gasteiger partial charge in [0.05, 0.1) is 11.3 Å². The molecule has 0 bridgehead atoms. The molecule has 0 aromatic heterocycles. The van der Waals surface area contributed by atoms with Crippen LogP contribution in [-0.4, -0.2) is 6.04 Å². The number of hydrogen-bond acceptors (Lipinski definition) is 3. The van der Waals surface area contributed by atoms with Crippen molar-refractivity contribution in [1.82, 2.24) is 0 Å². The van der Waals surface area contributed by atoms with E-state index in [4.69, 9.17) is 11.0 Å². The quantitative estimate of drug-likeness (QED) is 0.697. The molecule has 0 aliphatic heterocycles. The second-order valence-electron chi connectivity index (χ2n) is 3.69. The first-order chi connectivity index (χ1) is 6.79. The van der Waals surface area contributed by atoms with Crippen LogP contribution in [0.1, 0.15) is 24.8 Å². The van der Waals surface area contributed by atoms with Crippen LogP contribution in [-0.2, 0) is 0 Å². The van der Waals surface area contributed by atoms with Crippen LogP contribution in [0.2, 0.25) is 0 Å². The number of nitriles is 1. The van der Waals surface area contributed by atoms with Gasteiger partial charge in [0.2, 0.25) is 0 Å². The highest BCUT2D eigenvalue weighted by Crippen LogP contribution is 2.25. The predicted molar refractivity (Wildman–Crippen MR) is 56.8 cm³/mol. The van der Waals surface area contributed by atoms with E-state index >= 15 is 0 Å². The van der Waals surface area contributed by atoms with Crippen LogP contribution in [0.5, 0.6) is 0 Å². The lowest BCUT2D eigenvalue weighted by molar-refractivity contribution is 0.445. The third-order valence-electron chi connectivity index (χ3n) is 2.65. The lowest BCUT2D eigenvalue weighted by atomic mass is 9.93. The van der Waals surface area contributed by atoms with Gasteiger partial charge in [0.25, 0.3) is 0 Å². The van der Waals surface area contributed by atoms with Crippen molar-refractivity contribution in [3.63, 3.8) is 0 Å². The third-order valence-corrected chi connectivity index (χ3v) is 2.65. The van der Waals surface area contributed by atoms with Gasteiger partial charge < -0.3 is 11.1 Å². The van der Waals surface area contributed by atoms with Crippen molar-refractivity contribution in [2.75, 3.05) is 11.1 Å². The fraction of sp³-hybridized carbons (Fsp3) is 0.364. The molecule has 3 N–H and O–H groups in total. The van der Waals surface area contributed by atoms with E-state index in [-0.39, 0.29) is 0 Å². The minimum atomic E-state index is 0.546. The van der Waals surface area contributed by atoms with Gasteiger partial charge in [-0.3, -0.25) is 0 Å². The lowest BCUT2D eigenvalue weighted by Gasteiger charge is -2.27. The number of hydrogen-bond donors (Lipinski definition) is 2. The van der Waals surface area contributed by atoms with Gasteiger partial charge in [0.1, 0.15) is 6.07 Å². The van der Waals surface area contributed by atoms with E-state index in [1.165, 1.54) is 19.3 Å². The Bertz CT molecular complexity index is 375. The molecule has 3 nitrogen and oxygen atoms in total. The fourth-order valence-electron chi connectivity index (χ4n) is 1.54. The molecule has 0 atom stereocenters. The zero-order valence-electron chi connectivity index (χ0n) is 7.96. The summed E-state index contributed by atoms with van der Waals surface area (Å²) >= 11 is 0. The zero-order chi connectivity index (χ0) is 9.97. The lowest BCUT2D eigenvalue weighted by Crippen LogP contribution is -2.26. The van der Waals surface area contributed by atoms with E-state index in [0.717, 1.165) is 5.69 Å². The summed E-state index contributed by atoms with van der Waals surface area (Å²) in [6, 6.07) is 8.15. The van der Waals surface area contributed by atoms with Gasteiger partial charge in [-0.2, -0.15) is 5.26 Å². The normalized spacial score (nSPS) is 15.6. The molecule has 1 aliphatic carbocycles. The average Bonchev–Trinajstić information content (AvgIpc) is 2.12. The molecular formula is C11H13N3. The number of nitrogens with two attached hydrogens (primary N) is 1. The highest BCUT2D eigenvalue weighted by atomic mass is 14.9. The molecule has 2 rings (SSSR count). The molecule has 0 spiro atoms. The van der Waals surface area contributed by atoms with Crippen LogP contribution in [0.25, 0.3) is 0 Å². The Balaban J connectivity index is 2.12. The molecule has 1 saturated carbocycles. The Kier molecular flexibility index (Phi) is 2.28. The first-order valence-corrected chi connectivity index (χ1v) is 4.86. The Labute approximate surface area is 83.5 Å². The van der Waals surface area contributed by atoms with Crippen LogP contribution in [0.15, 0.2) is 18.2 Å². The molecule has 0 saturated heterocycles. The van der Waals surface area contributed by atoms with Crippen molar-refractivity contribution in [1.29, 1.82) is 5.26 Å². The molecule has 3 heteroatoms. The molecule has 14 heavy (non-hydrogen) atoms. The maximum absolute atomic E-state index is 8.70. The first-order valence-electron chi connectivity index (χ1n) is 4.86.